The van der Waals surface area contributed by atoms with E-state index in [1.807, 2.05) is 24.0 Å². The molecule has 2 nitrogen and oxygen atoms in total. The van der Waals surface area contributed by atoms with Crippen LogP contribution < -0.4 is 5.32 Å². The van der Waals surface area contributed by atoms with Gasteiger partial charge in [0.15, 0.2) is 0 Å². The monoisotopic (exact) mass is 196 g/mol. The molecule has 1 N–H and O–H groups in total. The van der Waals surface area contributed by atoms with Crippen LogP contribution in [0.1, 0.15) is 18.5 Å². The van der Waals surface area contributed by atoms with Gasteiger partial charge in [0.2, 0.25) is 0 Å². The molecule has 0 saturated carbocycles. The zero-order valence-corrected chi connectivity index (χ0v) is 8.97. The Hall–Kier alpha value is -0.540. The summed E-state index contributed by atoms with van der Waals surface area (Å²) in [5.41, 5.74) is 1.25. The van der Waals surface area contributed by atoms with Crippen LogP contribution in [0, 0.1) is 0 Å². The first-order valence-electron chi connectivity index (χ1n) is 4.47. The molecule has 0 amide bonds. The number of aromatic nitrogens is 1. The van der Waals surface area contributed by atoms with Crippen LogP contribution in [0.5, 0.6) is 0 Å². The highest BCUT2D eigenvalue weighted by Crippen LogP contribution is 2.09. The molecule has 1 unspecified atom stereocenters. The van der Waals surface area contributed by atoms with E-state index >= 15 is 0 Å². The molecule has 0 radical (unpaired) electrons. The van der Waals surface area contributed by atoms with Crippen molar-refractivity contribution in [3.63, 3.8) is 0 Å². The number of thioether (sulfide) groups is 1. The van der Waals surface area contributed by atoms with E-state index in [4.69, 9.17) is 0 Å². The maximum atomic E-state index is 4.09. The highest BCUT2D eigenvalue weighted by atomic mass is 32.2. The molecule has 1 heterocycles. The first-order chi connectivity index (χ1) is 6.34. The minimum Gasteiger partial charge on any atom is -0.309 e. The number of nitrogens with one attached hydrogen (secondary N) is 1. The van der Waals surface area contributed by atoms with E-state index in [0.717, 1.165) is 12.3 Å². The molecule has 72 valence electrons. The van der Waals surface area contributed by atoms with Crippen molar-refractivity contribution in [3.8, 4) is 0 Å². The number of nitrogens with zero attached hydrogens (tertiary/aromatic N) is 1. The lowest BCUT2D eigenvalue weighted by Crippen LogP contribution is -2.21. The average molecular weight is 196 g/mol. The van der Waals surface area contributed by atoms with Gasteiger partial charge in [-0.15, -0.1) is 0 Å². The summed E-state index contributed by atoms with van der Waals surface area (Å²) in [6.07, 6.45) is 5.84. The van der Waals surface area contributed by atoms with Crippen molar-refractivity contribution in [1.29, 1.82) is 0 Å². The molecule has 1 aromatic heterocycles. The van der Waals surface area contributed by atoms with E-state index < -0.39 is 0 Å². The zero-order valence-electron chi connectivity index (χ0n) is 8.16. The summed E-state index contributed by atoms with van der Waals surface area (Å²) < 4.78 is 0. The summed E-state index contributed by atoms with van der Waals surface area (Å²) >= 11 is 1.86. The van der Waals surface area contributed by atoms with E-state index in [2.05, 4.69) is 29.5 Å². The fraction of sp³-hybridized carbons (Fsp3) is 0.500. The Morgan fingerprint density at radius 2 is 2.46 bits per heavy atom. The van der Waals surface area contributed by atoms with E-state index in [1.165, 1.54) is 5.56 Å². The summed E-state index contributed by atoms with van der Waals surface area (Å²) in [6, 6.07) is 4.48. The standard InChI is InChI=1S/C10H16N2S/c1-9(12-6-7-13-2)10-4-3-5-11-8-10/h3-5,8-9,12H,6-7H2,1-2H3. The Morgan fingerprint density at radius 1 is 1.62 bits per heavy atom. The number of hydrogen-bond donors (Lipinski definition) is 1. The van der Waals surface area contributed by atoms with E-state index in [1.54, 1.807) is 6.20 Å². The normalized spacial score (nSPS) is 12.8. The fourth-order valence-corrected chi connectivity index (χ4v) is 1.45. The largest absolute Gasteiger partial charge is 0.309 e. The van der Waals surface area contributed by atoms with Crippen molar-refractivity contribution in [1.82, 2.24) is 10.3 Å². The van der Waals surface area contributed by atoms with Gasteiger partial charge in [-0.25, -0.2) is 0 Å². The molecule has 0 aliphatic heterocycles. The summed E-state index contributed by atoms with van der Waals surface area (Å²) in [4.78, 5) is 4.09. The highest BCUT2D eigenvalue weighted by Gasteiger charge is 2.02. The molecule has 0 aromatic carbocycles. The Bertz CT molecular complexity index is 226. The second-order valence-corrected chi connectivity index (χ2v) is 3.94. The van der Waals surface area contributed by atoms with Gasteiger partial charge >= 0.3 is 0 Å². The van der Waals surface area contributed by atoms with Gasteiger partial charge in [0, 0.05) is 30.7 Å². The summed E-state index contributed by atoms with van der Waals surface area (Å²) in [5, 5.41) is 3.44. The quantitative estimate of drug-likeness (QED) is 0.730. The average Bonchev–Trinajstić information content (AvgIpc) is 2.19. The molecule has 0 spiro atoms. The van der Waals surface area contributed by atoms with Gasteiger partial charge in [-0.1, -0.05) is 6.07 Å². The molecule has 0 aliphatic rings. The first-order valence-corrected chi connectivity index (χ1v) is 5.86. The van der Waals surface area contributed by atoms with Crippen LogP contribution in [0.2, 0.25) is 0 Å². The zero-order chi connectivity index (χ0) is 9.52. The van der Waals surface area contributed by atoms with Crippen LogP contribution >= 0.6 is 11.8 Å². The Morgan fingerprint density at radius 3 is 3.08 bits per heavy atom. The lowest BCUT2D eigenvalue weighted by Gasteiger charge is -2.12. The van der Waals surface area contributed by atoms with Crippen molar-refractivity contribution in [2.45, 2.75) is 13.0 Å². The SMILES string of the molecule is CSCCNC(C)c1cccnc1. The predicted octanol–water partition coefficient (Wildman–Crippen LogP) is 2.10. The molecular formula is C10H16N2S. The molecule has 0 saturated heterocycles. The van der Waals surface area contributed by atoms with Crippen LogP contribution in [0.4, 0.5) is 0 Å². The molecule has 1 aromatic rings. The molecule has 1 atom stereocenters. The van der Waals surface area contributed by atoms with Gasteiger partial charge < -0.3 is 5.32 Å². The minimum atomic E-state index is 0.404. The third kappa shape index (κ3) is 3.79. The third-order valence-electron chi connectivity index (χ3n) is 1.94. The molecule has 1 rings (SSSR count). The van der Waals surface area contributed by atoms with Gasteiger partial charge in [-0.3, -0.25) is 4.98 Å². The Kier molecular flexibility index (Phi) is 4.86. The summed E-state index contributed by atoms with van der Waals surface area (Å²) in [7, 11) is 0. The maximum Gasteiger partial charge on any atom is 0.0315 e. The van der Waals surface area contributed by atoms with Gasteiger partial charge in [0.25, 0.3) is 0 Å². The molecule has 3 heteroatoms. The summed E-state index contributed by atoms with van der Waals surface area (Å²) in [6.45, 7) is 3.22. The van der Waals surface area contributed by atoms with E-state index in [0.29, 0.717) is 6.04 Å². The molecule has 0 bridgehead atoms. The van der Waals surface area contributed by atoms with Crippen molar-refractivity contribution >= 4 is 11.8 Å². The van der Waals surface area contributed by atoms with E-state index in [-0.39, 0.29) is 0 Å². The van der Waals surface area contributed by atoms with Crippen LogP contribution in [0.15, 0.2) is 24.5 Å². The van der Waals surface area contributed by atoms with Crippen LogP contribution in [0.25, 0.3) is 0 Å². The number of hydrogen-bond acceptors (Lipinski definition) is 3. The lowest BCUT2D eigenvalue weighted by atomic mass is 10.1. The van der Waals surface area contributed by atoms with Gasteiger partial charge in [-0.2, -0.15) is 11.8 Å². The predicted molar refractivity (Wildman–Crippen MR) is 59.0 cm³/mol. The first kappa shape index (κ1) is 10.5. The highest BCUT2D eigenvalue weighted by molar-refractivity contribution is 7.98. The smallest absolute Gasteiger partial charge is 0.0315 e. The second kappa shape index (κ2) is 6.00. The number of rotatable bonds is 5. The lowest BCUT2D eigenvalue weighted by molar-refractivity contribution is 0.599. The molecular weight excluding hydrogens is 180 g/mol. The minimum absolute atomic E-state index is 0.404. The van der Waals surface area contributed by atoms with Crippen molar-refractivity contribution in [3.05, 3.63) is 30.1 Å². The van der Waals surface area contributed by atoms with Gasteiger partial charge in [0.1, 0.15) is 0 Å². The Labute approximate surface area is 84.1 Å². The summed E-state index contributed by atoms with van der Waals surface area (Å²) in [5.74, 6) is 1.16. The third-order valence-corrected chi connectivity index (χ3v) is 2.55. The van der Waals surface area contributed by atoms with Crippen LogP contribution in [0.3, 0.4) is 0 Å². The molecule has 0 aliphatic carbocycles. The van der Waals surface area contributed by atoms with E-state index in [9.17, 15) is 0 Å². The van der Waals surface area contributed by atoms with Gasteiger partial charge in [-0.05, 0) is 24.8 Å². The Balaban J connectivity index is 2.35. The molecule has 0 fully saturated rings. The second-order valence-electron chi connectivity index (χ2n) is 2.95. The fourth-order valence-electron chi connectivity index (χ4n) is 1.13. The molecule has 13 heavy (non-hydrogen) atoms. The van der Waals surface area contributed by atoms with Crippen LogP contribution in [-0.2, 0) is 0 Å². The topological polar surface area (TPSA) is 24.9 Å². The van der Waals surface area contributed by atoms with Crippen LogP contribution in [-0.4, -0.2) is 23.5 Å². The maximum absolute atomic E-state index is 4.09. The van der Waals surface area contributed by atoms with Crippen molar-refractivity contribution in [2.24, 2.45) is 0 Å². The van der Waals surface area contributed by atoms with Gasteiger partial charge in [0.05, 0.1) is 0 Å². The van der Waals surface area contributed by atoms with Crippen molar-refractivity contribution in [2.75, 3.05) is 18.6 Å². The number of pyridine rings is 1. The van der Waals surface area contributed by atoms with Crippen molar-refractivity contribution < 1.29 is 0 Å².